The highest BCUT2D eigenvalue weighted by Gasteiger charge is 2.50. The Labute approximate surface area is 152 Å². The van der Waals surface area contributed by atoms with Crippen molar-refractivity contribution in [1.29, 1.82) is 0 Å². The van der Waals surface area contributed by atoms with Gasteiger partial charge in [0.2, 0.25) is 0 Å². The molecule has 0 saturated carbocycles. The van der Waals surface area contributed by atoms with Crippen molar-refractivity contribution in [2.45, 2.75) is 31.7 Å². The van der Waals surface area contributed by atoms with E-state index in [0.717, 1.165) is 30.6 Å². The number of methoxy groups -OCH3 is 1. The van der Waals surface area contributed by atoms with Crippen LogP contribution >= 0.6 is 0 Å². The number of nitrogens with zero attached hydrogens (tertiary/aromatic N) is 3. The minimum atomic E-state index is -0.526. The number of imidazole rings is 1. The predicted octanol–water partition coefficient (Wildman–Crippen LogP) is 2.10. The monoisotopic (exact) mass is 354 g/mol. The Kier molecular flexibility index (Phi) is 3.75. The molecule has 2 amide bonds. The molecule has 4 rings (SSSR count). The fourth-order valence-electron chi connectivity index (χ4n) is 4.38. The predicted molar refractivity (Wildman–Crippen MR) is 95.7 cm³/mol. The van der Waals surface area contributed by atoms with E-state index in [1.807, 2.05) is 21.6 Å². The van der Waals surface area contributed by atoms with E-state index in [4.69, 9.17) is 4.74 Å². The van der Waals surface area contributed by atoms with Crippen molar-refractivity contribution in [3.63, 3.8) is 0 Å². The van der Waals surface area contributed by atoms with E-state index in [1.54, 1.807) is 26.6 Å². The average molecular weight is 354 g/mol. The maximum Gasteiger partial charge on any atom is 0.271 e. The number of benzene rings is 1. The molecule has 2 aliphatic heterocycles. The van der Waals surface area contributed by atoms with E-state index in [2.05, 4.69) is 17.2 Å². The first-order valence-corrected chi connectivity index (χ1v) is 8.87. The Morgan fingerprint density at radius 3 is 2.92 bits per heavy atom. The third kappa shape index (κ3) is 2.03. The van der Waals surface area contributed by atoms with Gasteiger partial charge in [-0.1, -0.05) is 6.92 Å². The second kappa shape index (κ2) is 5.86. The molecule has 0 bridgehead atoms. The van der Waals surface area contributed by atoms with Gasteiger partial charge in [0, 0.05) is 13.6 Å². The van der Waals surface area contributed by atoms with Gasteiger partial charge in [-0.25, -0.2) is 4.98 Å². The summed E-state index contributed by atoms with van der Waals surface area (Å²) in [6.07, 6.45) is 4.09. The first kappa shape index (κ1) is 16.6. The van der Waals surface area contributed by atoms with E-state index >= 15 is 0 Å². The Balaban J connectivity index is 2.06. The van der Waals surface area contributed by atoms with Crippen LogP contribution < -0.4 is 10.1 Å². The molecule has 7 nitrogen and oxygen atoms in total. The molecule has 2 aliphatic rings. The van der Waals surface area contributed by atoms with Gasteiger partial charge in [0.05, 0.1) is 29.6 Å². The smallest absolute Gasteiger partial charge is 0.271 e. The second-order valence-corrected chi connectivity index (χ2v) is 6.72. The van der Waals surface area contributed by atoms with Crippen molar-refractivity contribution < 1.29 is 14.3 Å². The van der Waals surface area contributed by atoms with Crippen molar-refractivity contribution in [1.82, 2.24) is 19.8 Å². The van der Waals surface area contributed by atoms with Crippen LogP contribution in [-0.2, 0) is 5.54 Å². The van der Waals surface area contributed by atoms with Gasteiger partial charge in [0.1, 0.15) is 12.1 Å². The number of amides is 2. The number of rotatable bonds is 3. The molecular weight excluding hydrogens is 332 g/mol. The normalized spacial score (nSPS) is 20.9. The van der Waals surface area contributed by atoms with Crippen molar-refractivity contribution in [2.75, 3.05) is 20.7 Å². The van der Waals surface area contributed by atoms with E-state index in [0.29, 0.717) is 23.6 Å². The summed E-state index contributed by atoms with van der Waals surface area (Å²) in [6.45, 7) is 2.73. The first-order valence-electron chi connectivity index (χ1n) is 8.87. The molecule has 1 aromatic carbocycles. The third-order valence-electron chi connectivity index (χ3n) is 5.66. The zero-order valence-corrected chi connectivity index (χ0v) is 15.2. The number of hydrogen-bond donors (Lipinski definition) is 1. The summed E-state index contributed by atoms with van der Waals surface area (Å²) in [5.74, 6) is 0.376. The molecule has 136 valence electrons. The molecule has 2 aromatic rings. The molecule has 1 aromatic heterocycles. The Morgan fingerprint density at radius 2 is 2.23 bits per heavy atom. The number of carbonyl (C=O) groups excluding carboxylic acids is 2. The summed E-state index contributed by atoms with van der Waals surface area (Å²) in [6, 6.07) is 5.45. The fraction of sp³-hybridized carbons (Fsp3) is 0.421. The highest BCUT2D eigenvalue weighted by molar-refractivity contribution is 6.01. The van der Waals surface area contributed by atoms with Crippen molar-refractivity contribution >= 4 is 11.8 Å². The van der Waals surface area contributed by atoms with E-state index in [9.17, 15) is 9.59 Å². The Hall–Kier alpha value is -2.83. The standard InChI is InChI=1S/C19H22N4O3/c1-4-19-8-5-9-23(19)18(25)13-10-12(26-3)6-7-14(13)22-11-21-15(16(19)22)17(24)20-2/h6-7,10-11H,4-5,8-9H2,1-3H3,(H,20,24). The van der Waals surface area contributed by atoms with Crippen LogP contribution in [0.2, 0.25) is 0 Å². The van der Waals surface area contributed by atoms with Crippen LogP contribution in [0.15, 0.2) is 24.5 Å². The molecule has 0 radical (unpaired) electrons. The lowest BCUT2D eigenvalue weighted by Crippen LogP contribution is -2.45. The summed E-state index contributed by atoms with van der Waals surface area (Å²) >= 11 is 0. The topological polar surface area (TPSA) is 76.5 Å². The van der Waals surface area contributed by atoms with E-state index in [-0.39, 0.29) is 11.8 Å². The van der Waals surface area contributed by atoms with Crippen LogP contribution in [0.1, 0.15) is 52.7 Å². The summed E-state index contributed by atoms with van der Waals surface area (Å²) in [7, 11) is 3.18. The molecule has 1 unspecified atom stereocenters. The minimum absolute atomic E-state index is 0.0233. The summed E-state index contributed by atoms with van der Waals surface area (Å²) in [4.78, 5) is 32.2. The summed E-state index contributed by atoms with van der Waals surface area (Å²) in [5.41, 5.74) is 1.97. The lowest BCUT2D eigenvalue weighted by Gasteiger charge is -2.37. The van der Waals surface area contributed by atoms with Gasteiger partial charge in [-0.3, -0.25) is 14.2 Å². The molecule has 0 spiro atoms. The molecule has 1 atom stereocenters. The quantitative estimate of drug-likeness (QED) is 0.916. The summed E-state index contributed by atoms with van der Waals surface area (Å²) < 4.78 is 7.23. The minimum Gasteiger partial charge on any atom is -0.497 e. The fourth-order valence-corrected chi connectivity index (χ4v) is 4.38. The largest absolute Gasteiger partial charge is 0.497 e. The number of carbonyl (C=O) groups is 2. The molecule has 1 saturated heterocycles. The zero-order chi connectivity index (χ0) is 18.5. The van der Waals surface area contributed by atoms with Crippen LogP contribution in [0.25, 0.3) is 5.69 Å². The lowest BCUT2D eigenvalue weighted by atomic mass is 9.87. The third-order valence-corrected chi connectivity index (χ3v) is 5.66. The van der Waals surface area contributed by atoms with Gasteiger partial charge in [-0.05, 0) is 37.5 Å². The van der Waals surface area contributed by atoms with Crippen molar-refractivity contribution in [3.05, 3.63) is 41.5 Å². The molecule has 0 aliphatic carbocycles. The van der Waals surface area contributed by atoms with Gasteiger partial charge >= 0.3 is 0 Å². The number of aromatic nitrogens is 2. The number of hydrogen-bond acceptors (Lipinski definition) is 4. The van der Waals surface area contributed by atoms with Crippen molar-refractivity contribution in [3.8, 4) is 11.4 Å². The molecule has 1 fully saturated rings. The van der Waals surface area contributed by atoms with Crippen LogP contribution in [-0.4, -0.2) is 47.0 Å². The molecular formula is C19H22N4O3. The first-order chi connectivity index (χ1) is 12.6. The van der Waals surface area contributed by atoms with Gasteiger partial charge in [-0.2, -0.15) is 0 Å². The molecule has 3 heterocycles. The Bertz CT molecular complexity index is 904. The van der Waals surface area contributed by atoms with Gasteiger partial charge in [0.25, 0.3) is 11.8 Å². The number of fused-ring (bicyclic) bond motifs is 5. The zero-order valence-electron chi connectivity index (χ0n) is 15.2. The van der Waals surface area contributed by atoms with Crippen molar-refractivity contribution in [2.24, 2.45) is 0 Å². The Morgan fingerprint density at radius 1 is 1.42 bits per heavy atom. The van der Waals surface area contributed by atoms with Gasteiger partial charge in [-0.15, -0.1) is 0 Å². The van der Waals surface area contributed by atoms with Crippen LogP contribution in [0.5, 0.6) is 5.75 Å². The highest BCUT2D eigenvalue weighted by atomic mass is 16.5. The highest BCUT2D eigenvalue weighted by Crippen LogP contribution is 2.47. The molecule has 26 heavy (non-hydrogen) atoms. The average Bonchev–Trinajstić information content (AvgIpc) is 3.29. The maximum atomic E-state index is 13.4. The molecule has 7 heteroatoms. The van der Waals surface area contributed by atoms with Crippen LogP contribution in [0.4, 0.5) is 0 Å². The van der Waals surface area contributed by atoms with Gasteiger partial charge < -0.3 is 15.0 Å². The van der Waals surface area contributed by atoms with Gasteiger partial charge in [0.15, 0.2) is 5.69 Å². The second-order valence-electron chi connectivity index (χ2n) is 6.72. The maximum absolute atomic E-state index is 13.4. The van der Waals surface area contributed by atoms with Crippen LogP contribution in [0.3, 0.4) is 0 Å². The van der Waals surface area contributed by atoms with E-state index < -0.39 is 5.54 Å². The SMILES string of the molecule is CCC12CCCN1C(=O)c1cc(OC)ccc1-n1cnc(C(=O)NC)c12. The lowest BCUT2D eigenvalue weighted by molar-refractivity contribution is 0.0571. The number of nitrogens with one attached hydrogen (secondary N) is 1. The van der Waals surface area contributed by atoms with E-state index in [1.165, 1.54) is 0 Å². The summed E-state index contributed by atoms with van der Waals surface area (Å²) in [5, 5.41) is 2.67. The number of ether oxygens (including phenoxy) is 1. The molecule has 1 N–H and O–H groups in total. The van der Waals surface area contributed by atoms with Crippen LogP contribution in [0, 0.1) is 0 Å².